The number of fused-ring (bicyclic) bond motifs is 2. The fraction of sp³-hybridized carbons (Fsp3) is 0.455. The van der Waals surface area contributed by atoms with Crippen molar-refractivity contribution in [2.24, 2.45) is 5.73 Å². The first-order valence-corrected chi connectivity index (χ1v) is 18.8. The molecule has 0 atom stereocenters. The number of nitrogens with one attached hydrogen (secondary N) is 1. The highest BCUT2D eigenvalue weighted by Gasteiger charge is 2.33. The summed E-state index contributed by atoms with van der Waals surface area (Å²) < 4.78 is 88.0. The lowest BCUT2D eigenvalue weighted by Gasteiger charge is -2.32. The van der Waals surface area contributed by atoms with Crippen LogP contribution < -0.4 is 15.8 Å². The summed E-state index contributed by atoms with van der Waals surface area (Å²) in [6, 6.07) is 9.42. The third kappa shape index (κ3) is 7.93. The topological polar surface area (TPSA) is 123 Å². The van der Waals surface area contributed by atoms with Crippen LogP contribution >= 0.6 is 11.3 Å². The van der Waals surface area contributed by atoms with Gasteiger partial charge < -0.3 is 20.7 Å². The lowest BCUT2D eigenvalue weighted by atomic mass is 9.88. The Bertz CT molecular complexity index is 1920. The van der Waals surface area contributed by atoms with Crippen LogP contribution in [0.3, 0.4) is 0 Å². The van der Waals surface area contributed by atoms with E-state index >= 15 is 0 Å². The molecule has 6 rings (SSSR count). The zero-order valence-electron chi connectivity index (χ0n) is 26.9. The Balaban J connectivity index is 1.13. The second-order valence-corrected chi connectivity index (χ2v) is 15.4. The van der Waals surface area contributed by atoms with Crippen LogP contribution in [-0.4, -0.2) is 79.0 Å². The van der Waals surface area contributed by atoms with Gasteiger partial charge in [-0.15, -0.1) is 0 Å². The average Bonchev–Trinajstić information content (AvgIpc) is 3.60. The Morgan fingerprint density at radius 1 is 1.10 bits per heavy atom. The third-order valence-corrected chi connectivity index (χ3v) is 11.4. The van der Waals surface area contributed by atoms with Gasteiger partial charge in [0.15, 0.2) is 5.06 Å². The maximum Gasteiger partial charge on any atom is 0.416 e. The lowest BCUT2D eigenvalue weighted by molar-refractivity contribution is -0.137. The molecule has 16 heteroatoms. The van der Waals surface area contributed by atoms with Crippen molar-refractivity contribution in [3.05, 3.63) is 70.7 Å². The Labute approximate surface area is 285 Å². The van der Waals surface area contributed by atoms with Crippen molar-refractivity contribution in [2.45, 2.75) is 50.9 Å². The zero-order chi connectivity index (χ0) is 34.9. The summed E-state index contributed by atoms with van der Waals surface area (Å²) in [5.41, 5.74) is 8.27. The molecule has 2 aliphatic heterocycles. The van der Waals surface area contributed by atoms with Crippen LogP contribution in [0.15, 0.2) is 42.5 Å². The highest BCUT2D eigenvalue weighted by molar-refractivity contribution is 7.88. The Kier molecular flexibility index (Phi) is 10.3. The number of likely N-dealkylation sites (tertiary alicyclic amines) is 1. The van der Waals surface area contributed by atoms with Crippen LogP contribution in [0.4, 0.5) is 22.4 Å². The van der Waals surface area contributed by atoms with Crippen LogP contribution in [0, 0.1) is 5.82 Å². The van der Waals surface area contributed by atoms with Crippen molar-refractivity contribution in [3.8, 4) is 16.3 Å². The second kappa shape index (κ2) is 14.3. The van der Waals surface area contributed by atoms with Gasteiger partial charge in [-0.2, -0.15) is 22.6 Å². The minimum atomic E-state index is -4.47. The molecule has 4 heterocycles. The molecular formula is C33H38F4N6O4S2. The molecule has 2 aromatic carbocycles. The second-order valence-electron chi connectivity index (χ2n) is 12.4. The summed E-state index contributed by atoms with van der Waals surface area (Å²) >= 11 is 1.26. The largest absolute Gasteiger partial charge is 0.416 e. The van der Waals surface area contributed by atoms with E-state index in [0.29, 0.717) is 35.8 Å². The van der Waals surface area contributed by atoms with E-state index < -0.39 is 27.9 Å². The molecular weight excluding hydrogens is 685 g/mol. The van der Waals surface area contributed by atoms with Crippen LogP contribution in [0.1, 0.15) is 47.6 Å². The van der Waals surface area contributed by atoms with Crippen molar-refractivity contribution >= 4 is 37.5 Å². The molecule has 0 bridgehead atoms. The SMILES string of the molecule is CS(=O)(=O)N1CCc2c(c(-c3ccc(C(F)(F)F)cc3)nn2CCCN2CCC(c3c(OC(=O)NCCN)sc4cc(F)ccc34)CC2)C1. The molecule has 4 aromatic rings. The van der Waals surface area contributed by atoms with Crippen LogP contribution in [-0.2, 0) is 35.7 Å². The van der Waals surface area contributed by atoms with Gasteiger partial charge in [-0.3, -0.25) is 4.68 Å². The smallest absolute Gasteiger partial charge is 0.399 e. The van der Waals surface area contributed by atoms with Crippen molar-refractivity contribution in [2.75, 3.05) is 45.5 Å². The van der Waals surface area contributed by atoms with Crippen molar-refractivity contribution < 1.29 is 35.5 Å². The molecule has 1 amide bonds. The van der Waals surface area contributed by atoms with E-state index in [1.807, 2.05) is 4.68 Å². The summed E-state index contributed by atoms with van der Waals surface area (Å²) in [4.78, 5) is 14.7. The Hall–Kier alpha value is -3.57. The number of hydrogen-bond acceptors (Lipinski definition) is 8. The summed E-state index contributed by atoms with van der Waals surface area (Å²) in [5, 5.41) is 8.77. The third-order valence-electron chi connectivity index (χ3n) is 9.15. The fourth-order valence-electron chi connectivity index (χ4n) is 6.70. The van der Waals surface area contributed by atoms with Gasteiger partial charge in [0.25, 0.3) is 0 Å². The monoisotopic (exact) mass is 722 g/mol. The van der Waals surface area contributed by atoms with E-state index in [1.54, 1.807) is 6.07 Å². The molecule has 0 aliphatic carbocycles. The maximum atomic E-state index is 14.0. The van der Waals surface area contributed by atoms with E-state index in [-0.39, 0.29) is 31.4 Å². The Morgan fingerprint density at radius 2 is 1.84 bits per heavy atom. The molecule has 49 heavy (non-hydrogen) atoms. The number of nitrogens with two attached hydrogens (primary N) is 1. The van der Waals surface area contributed by atoms with E-state index in [0.717, 1.165) is 84.2 Å². The van der Waals surface area contributed by atoms with E-state index in [9.17, 15) is 30.8 Å². The maximum absolute atomic E-state index is 14.0. The highest BCUT2D eigenvalue weighted by atomic mass is 32.2. The first-order valence-electron chi connectivity index (χ1n) is 16.1. The van der Waals surface area contributed by atoms with E-state index in [2.05, 4.69) is 10.2 Å². The van der Waals surface area contributed by atoms with Crippen molar-refractivity contribution in [1.29, 1.82) is 0 Å². The molecule has 1 saturated heterocycles. The average molecular weight is 723 g/mol. The van der Waals surface area contributed by atoms with Gasteiger partial charge in [-0.1, -0.05) is 29.5 Å². The number of ether oxygens (including phenoxy) is 1. The molecule has 0 saturated carbocycles. The normalized spacial score (nSPS) is 16.6. The van der Waals surface area contributed by atoms with Gasteiger partial charge in [0, 0.05) is 71.6 Å². The summed E-state index contributed by atoms with van der Waals surface area (Å²) in [6.45, 7) is 3.94. The summed E-state index contributed by atoms with van der Waals surface area (Å²) in [6.07, 6.45) is -1.06. The molecule has 10 nitrogen and oxygen atoms in total. The van der Waals surface area contributed by atoms with Crippen molar-refractivity contribution in [3.63, 3.8) is 0 Å². The first kappa shape index (κ1) is 35.3. The molecule has 3 N–H and O–H groups in total. The minimum absolute atomic E-state index is 0.113. The number of aryl methyl sites for hydroxylation is 1. The minimum Gasteiger partial charge on any atom is -0.399 e. The molecule has 264 valence electrons. The lowest BCUT2D eigenvalue weighted by Crippen LogP contribution is -2.36. The Morgan fingerprint density at radius 3 is 2.51 bits per heavy atom. The zero-order valence-corrected chi connectivity index (χ0v) is 28.6. The van der Waals surface area contributed by atoms with Gasteiger partial charge in [0.1, 0.15) is 5.82 Å². The van der Waals surface area contributed by atoms with Crippen LogP contribution in [0.25, 0.3) is 21.3 Å². The van der Waals surface area contributed by atoms with Crippen molar-refractivity contribution in [1.82, 2.24) is 24.3 Å². The predicted molar refractivity (Wildman–Crippen MR) is 180 cm³/mol. The number of thiophene rings is 1. The summed E-state index contributed by atoms with van der Waals surface area (Å²) in [7, 11) is -3.47. The number of aromatic nitrogens is 2. The number of carbonyl (C=O) groups excluding carboxylic acids is 1. The molecule has 0 unspecified atom stereocenters. The highest BCUT2D eigenvalue weighted by Crippen LogP contribution is 2.45. The van der Waals surface area contributed by atoms with Gasteiger partial charge >= 0.3 is 12.3 Å². The number of amides is 1. The van der Waals surface area contributed by atoms with Gasteiger partial charge in [0.05, 0.1) is 17.5 Å². The standard InChI is InChI=1S/C33H38F4N6O4S2/c1-49(45,46)42-18-11-27-26(20-42)30(22-3-5-23(6-4-22)33(35,36)37)40-43(27)15-2-14-41-16-9-21(10-17-41)29-25-8-7-24(34)19-28(25)48-31(29)47-32(44)39-13-12-38/h3-8,19,21H,2,9-18,20,38H2,1H3,(H,39,44). The number of rotatable bonds is 10. The van der Waals surface area contributed by atoms with E-state index in [1.165, 1.54) is 39.9 Å². The molecule has 0 spiro atoms. The summed E-state index contributed by atoms with van der Waals surface area (Å²) in [5.74, 6) is -0.234. The quantitative estimate of drug-likeness (QED) is 0.206. The van der Waals surface area contributed by atoms with Crippen LogP contribution in [0.2, 0.25) is 0 Å². The number of alkyl halides is 3. The van der Waals surface area contributed by atoms with E-state index in [4.69, 9.17) is 15.6 Å². The predicted octanol–water partition coefficient (Wildman–Crippen LogP) is 5.56. The molecule has 0 radical (unpaired) electrons. The number of sulfonamides is 1. The number of benzene rings is 2. The number of piperidine rings is 1. The fourth-order valence-corrected chi connectivity index (χ4v) is 8.65. The molecule has 1 fully saturated rings. The molecule has 2 aliphatic rings. The number of carbonyl (C=O) groups is 1. The number of nitrogens with zero attached hydrogens (tertiary/aromatic N) is 4. The first-order chi connectivity index (χ1) is 23.3. The van der Waals surface area contributed by atoms with Gasteiger partial charge in [0.2, 0.25) is 10.0 Å². The number of hydrogen-bond donors (Lipinski definition) is 2. The van der Waals surface area contributed by atoms with Gasteiger partial charge in [-0.25, -0.2) is 17.6 Å². The van der Waals surface area contributed by atoms with Gasteiger partial charge in [-0.05, 0) is 69.1 Å². The molecule has 2 aromatic heterocycles. The van der Waals surface area contributed by atoms with Crippen LogP contribution in [0.5, 0.6) is 5.06 Å². The number of halogens is 4.